The molecule has 0 aliphatic heterocycles. The van der Waals surface area contributed by atoms with Gasteiger partial charge < -0.3 is 4.98 Å². The molecule has 0 unspecified atom stereocenters. The number of benzene rings is 1. The molecule has 4 nitrogen and oxygen atoms in total. The summed E-state index contributed by atoms with van der Waals surface area (Å²) in [6.07, 6.45) is 6.86. The Morgan fingerprint density at radius 3 is 2.63 bits per heavy atom. The summed E-state index contributed by atoms with van der Waals surface area (Å²) in [5.41, 5.74) is 1.84. The first-order chi connectivity index (χ1) is 9.33. The van der Waals surface area contributed by atoms with Gasteiger partial charge in [0.2, 0.25) is 11.9 Å². The third kappa shape index (κ3) is 2.78. The number of carbonyl (C=O) groups is 1. The van der Waals surface area contributed by atoms with Crippen molar-refractivity contribution in [1.29, 1.82) is 0 Å². The predicted molar refractivity (Wildman–Crippen MR) is 75.9 cm³/mol. The Balaban J connectivity index is 1.71. The largest absolute Gasteiger partial charge is 0.324 e. The van der Waals surface area contributed by atoms with E-state index in [9.17, 15) is 4.79 Å². The van der Waals surface area contributed by atoms with Gasteiger partial charge in [-0.2, -0.15) is 0 Å². The van der Waals surface area contributed by atoms with Crippen molar-refractivity contribution in [2.75, 3.05) is 5.32 Å². The van der Waals surface area contributed by atoms with Gasteiger partial charge in [-0.25, -0.2) is 4.98 Å². The fourth-order valence-electron chi connectivity index (χ4n) is 2.77. The highest BCUT2D eigenvalue weighted by Gasteiger charge is 2.20. The molecule has 1 aliphatic rings. The number of carbonyl (C=O) groups excluding carboxylic acids is 1. The maximum atomic E-state index is 12.2. The minimum Gasteiger partial charge on any atom is -0.324 e. The monoisotopic (exact) mass is 257 g/mol. The number of hydrogen-bond acceptors (Lipinski definition) is 2. The lowest BCUT2D eigenvalue weighted by Crippen LogP contribution is -2.22. The molecule has 1 aliphatic carbocycles. The average Bonchev–Trinajstić information content (AvgIpc) is 2.63. The van der Waals surface area contributed by atoms with E-state index in [1.807, 2.05) is 24.3 Å². The Kier molecular flexibility index (Phi) is 3.49. The lowest BCUT2D eigenvalue weighted by molar-refractivity contribution is -0.120. The number of anilines is 1. The first-order valence-corrected chi connectivity index (χ1v) is 7.08. The van der Waals surface area contributed by atoms with Crippen LogP contribution in [0.4, 0.5) is 5.95 Å². The van der Waals surface area contributed by atoms with E-state index in [0.29, 0.717) is 5.95 Å². The molecule has 0 bridgehead atoms. The first kappa shape index (κ1) is 12.2. The molecule has 1 amide bonds. The zero-order valence-corrected chi connectivity index (χ0v) is 11.0. The third-order valence-electron chi connectivity index (χ3n) is 3.86. The predicted octanol–water partition coefficient (Wildman–Crippen LogP) is 3.47. The number of aromatic nitrogens is 2. The zero-order chi connectivity index (χ0) is 13.1. The standard InChI is InChI=1S/C15H19N3O/c19-14(11-7-3-1-2-4-8-11)18-15-16-12-9-5-6-10-13(12)17-15/h5-6,9-11H,1-4,7-8H2,(H2,16,17,18,19). The topological polar surface area (TPSA) is 57.8 Å². The number of nitrogens with one attached hydrogen (secondary N) is 2. The minimum absolute atomic E-state index is 0.112. The van der Waals surface area contributed by atoms with Crippen molar-refractivity contribution in [3.8, 4) is 0 Å². The Labute approximate surface area is 112 Å². The number of rotatable bonds is 2. The van der Waals surface area contributed by atoms with E-state index in [2.05, 4.69) is 15.3 Å². The summed E-state index contributed by atoms with van der Waals surface area (Å²) in [6.45, 7) is 0. The average molecular weight is 257 g/mol. The van der Waals surface area contributed by atoms with Crippen LogP contribution >= 0.6 is 0 Å². The summed E-state index contributed by atoms with van der Waals surface area (Å²) in [6, 6.07) is 7.80. The molecule has 1 fully saturated rings. The lowest BCUT2D eigenvalue weighted by Gasteiger charge is -2.12. The molecule has 1 aromatic heterocycles. The van der Waals surface area contributed by atoms with Crippen molar-refractivity contribution in [3.05, 3.63) is 24.3 Å². The van der Waals surface area contributed by atoms with Crippen LogP contribution in [0, 0.1) is 5.92 Å². The highest BCUT2D eigenvalue weighted by atomic mass is 16.2. The highest BCUT2D eigenvalue weighted by Crippen LogP contribution is 2.24. The van der Waals surface area contributed by atoms with Crippen LogP contribution in [0.25, 0.3) is 11.0 Å². The number of para-hydroxylation sites is 2. The fourth-order valence-corrected chi connectivity index (χ4v) is 2.77. The first-order valence-electron chi connectivity index (χ1n) is 7.08. The second-order valence-corrected chi connectivity index (χ2v) is 5.28. The van der Waals surface area contributed by atoms with Gasteiger partial charge in [0.25, 0.3) is 0 Å². The Morgan fingerprint density at radius 2 is 1.89 bits per heavy atom. The second kappa shape index (κ2) is 5.43. The number of fused-ring (bicyclic) bond motifs is 1. The van der Waals surface area contributed by atoms with Crippen LogP contribution in [0.15, 0.2) is 24.3 Å². The molecule has 1 aromatic carbocycles. The van der Waals surface area contributed by atoms with Gasteiger partial charge in [0.1, 0.15) is 0 Å². The SMILES string of the molecule is O=C(Nc1nc2ccccc2[nH]1)C1CCCCCC1. The molecule has 0 spiro atoms. The molecule has 2 aromatic rings. The summed E-state index contributed by atoms with van der Waals surface area (Å²) in [5.74, 6) is 0.826. The summed E-state index contributed by atoms with van der Waals surface area (Å²) in [4.78, 5) is 19.7. The Bertz CT molecular complexity index is 535. The molecule has 1 saturated carbocycles. The van der Waals surface area contributed by atoms with Crippen LogP contribution in [-0.2, 0) is 4.79 Å². The van der Waals surface area contributed by atoms with Crippen LogP contribution in [0.2, 0.25) is 0 Å². The van der Waals surface area contributed by atoms with E-state index in [1.54, 1.807) is 0 Å². The third-order valence-corrected chi connectivity index (χ3v) is 3.86. The maximum absolute atomic E-state index is 12.2. The van der Waals surface area contributed by atoms with Gasteiger partial charge in [-0.05, 0) is 25.0 Å². The molecule has 0 radical (unpaired) electrons. The Hall–Kier alpha value is -1.84. The number of amides is 1. The highest BCUT2D eigenvalue weighted by molar-refractivity contribution is 5.92. The van der Waals surface area contributed by atoms with Crippen LogP contribution < -0.4 is 5.32 Å². The molecule has 100 valence electrons. The van der Waals surface area contributed by atoms with Crippen molar-refractivity contribution in [2.24, 2.45) is 5.92 Å². The van der Waals surface area contributed by atoms with Crippen molar-refractivity contribution in [1.82, 2.24) is 9.97 Å². The lowest BCUT2D eigenvalue weighted by atomic mass is 10.00. The van der Waals surface area contributed by atoms with Crippen molar-refractivity contribution in [3.63, 3.8) is 0 Å². The van der Waals surface area contributed by atoms with Crippen LogP contribution in [0.3, 0.4) is 0 Å². The fraction of sp³-hybridized carbons (Fsp3) is 0.467. The molecule has 1 heterocycles. The maximum Gasteiger partial charge on any atom is 0.229 e. The van der Waals surface area contributed by atoms with Gasteiger partial charge in [-0.3, -0.25) is 10.1 Å². The molecule has 19 heavy (non-hydrogen) atoms. The second-order valence-electron chi connectivity index (χ2n) is 5.28. The number of aromatic amines is 1. The van der Waals surface area contributed by atoms with Gasteiger partial charge in [0.05, 0.1) is 11.0 Å². The normalized spacial score (nSPS) is 17.3. The summed E-state index contributed by atoms with van der Waals surface area (Å²) in [7, 11) is 0. The van der Waals surface area contributed by atoms with E-state index in [1.165, 1.54) is 12.8 Å². The number of nitrogens with zero attached hydrogens (tertiary/aromatic N) is 1. The smallest absolute Gasteiger partial charge is 0.229 e. The van der Waals surface area contributed by atoms with Gasteiger partial charge in [-0.15, -0.1) is 0 Å². The van der Waals surface area contributed by atoms with E-state index >= 15 is 0 Å². The van der Waals surface area contributed by atoms with Crippen molar-refractivity contribution in [2.45, 2.75) is 38.5 Å². The van der Waals surface area contributed by atoms with Crippen LogP contribution in [0.5, 0.6) is 0 Å². The van der Waals surface area contributed by atoms with Gasteiger partial charge in [0.15, 0.2) is 0 Å². The minimum atomic E-state index is 0.112. The quantitative estimate of drug-likeness (QED) is 0.809. The van der Waals surface area contributed by atoms with Gasteiger partial charge >= 0.3 is 0 Å². The molecular weight excluding hydrogens is 238 g/mol. The molecule has 0 saturated heterocycles. The molecule has 4 heteroatoms. The van der Waals surface area contributed by atoms with Gasteiger partial charge in [-0.1, -0.05) is 37.8 Å². The zero-order valence-electron chi connectivity index (χ0n) is 11.0. The van der Waals surface area contributed by atoms with Crippen molar-refractivity contribution < 1.29 is 4.79 Å². The van der Waals surface area contributed by atoms with Crippen LogP contribution in [0.1, 0.15) is 38.5 Å². The summed E-state index contributed by atoms with van der Waals surface area (Å²) < 4.78 is 0. The van der Waals surface area contributed by atoms with Gasteiger partial charge in [0, 0.05) is 5.92 Å². The molecule has 3 rings (SSSR count). The Morgan fingerprint density at radius 1 is 1.16 bits per heavy atom. The van der Waals surface area contributed by atoms with E-state index < -0.39 is 0 Å². The molecule has 2 N–H and O–H groups in total. The van der Waals surface area contributed by atoms with E-state index in [0.717, 1.165) is 36.7 Å². The summed E-state index contributed by atoms with van der Waals surface area (Å²) in [5, 5.41) is 2.92. The number of hydrogen-bond donors (Lipinski definition) is 2. The number of H-pyrrole nitrogens is 1. The number of imidazole rings is 1. The van der Waals surface area contributed by atoms with E-state index in [4.69, 9.17) is 0 Å². The summed E-state index contributed by atoms with van der Waals surface area (Å²) >= 11 is 0. The molecular formula is C15H19N3O. The van der Waals surface area contributed by atoms with Crippen molar-refractivity contribution >= 4 is 22.9 Å². The van der Waals surface area contributed by atoms with E-state index in [-0.39, 0.29) is 11.8 Å². The van der Waals surface area contributed by atoms with Crippen LogP contribution in [-0.4, -0.2) is 15.9 Å². The molecule has 0 atom stereocenters.